The van der Waals surface area contributed by atoms with Crippen LogP contribution in [0.15, 0.2) is 30.3 Å². The zero-order chi connectivity index (χ0) is 12.3. The van der Waals surface area contributed by atoms with Gasteiger partial charge in [-0.25, -0.2) is 0 Å². The van der Waals surface area contributed by atoms with Crippen molar-refractivity contribution < 1.29 is 4.79 Å². The highest BCUT2D eigenvalue weighted by atomic mass is 32.1. The Morgan fingerprint density at radius 3 is 2.59 bits per heavy atom. The van der Waals surface area contributed by atoms with Gasteiger partial charge < -0.3 is 0 Å². The number of carbonyl (C=O) groups is 1. The molecule has 2 rings (SSSR count). The van der Waals surface area contributed by atoms with E-state index in [4.69, 9.17) is 0 Å². The van der Waals surface area contributed by atoms with Crippen LogP contribution in [0.1, 0.15) is 18.9 Å². The largest absolute Gasteiger partial charge is 0.299 e. The van der Waals surface area contributed by atoms with Gasteiger partial charge in [-0.2, -0.15) is 0 Å². The molecule has 0 atom stereocenters. The average molecular weight is 246 g/mol. The summed E-state index contributed by atoms with van der Waals surface area (Å²) in [6.07, 6.45) is 0.391. The normalized spacial score (nSPS) is 10.8. The molecule has 0 saturated carbocycles. The van der Waals surface area contributed by atoms with Gasteiger partial charge in [0.2, 0.25) is 0 Å². The molecule has 1 aromatic carbocycles. The lowest BCUT2D eigenvalue weighted by molar-refractivity contribution is -0.121. The van der Waals surface area contributed by atoms with Crippen LogP contribution < -0.4 is 0 Å². The Hall–Kier alpha value is -1.55. The molecule has 0 amide bonds. The Morgan fingerprint density at radius 1 is 1.24 bits per heavy atom. The molecular weight excluding hydrogens is 232 g/mol. The first-order valence-corrected chi connectivity index (χ1v) is 6.39. The first-order valence-electron chi connectivity index (χ1n) is 5.57. The van der Waals surface area contributed by atoms with Gasteiger partial charge in [-0.1, -0.05) is 55.5 Å². The van der Waals surface area contributed by atoms with E-state index in [1.807, 2.05) is 44.2 Å². The van der Waals surface area contributed by atoms with Crippen molar-refractivity contribution in [3.63, 3.8) is 0 Å². The summed E-state index contributed by atoms with van der Waals surface area (Å²) in [7, 11) is 0. The molecule has 0 N–H and O–H groups in total. The summed E-state index contributed by atoms with van der Waals surface area (Å²) >= 11 is 1.49. The fraction of sp³-hybridized carbons (Fsp3) is 0.308. The molecule has 0 spiro atoms. The van der Waals surface area contributed by atoms with E-state index >= 15 is 0 Å². The third-order valence-electron chi connectivity index (χ3n) is 2.46. The predicted molar refractivity (Wildman–Crippen MR) is 68.9 cm³/mol. The van der Waals surface area contributed by atoms with Gasteiger partial charge in [-0.15, -0.1) is 10.2 Å². The molecule has 0 fully saturated rings. The number of carbonyl (C=O) groups excluding carboxylic acids is 1. The van der Waals surface area contributed by atoms with E-state index in [1.54, 1.807) is 0 Å². The van der Waals surface area contributed by atoms with E-state index in [-0.39, 0.29) is 11.7 Å². The molecule has 0 aliphatic carbocycles. The van der Waals surface area contributed by atoms with Crippen molar-refractivity contribution in [3.05, 3.63) is 35.3 Å². The molecule has 0 saturated heterocycles. The number of hydrogen-bond donors (Lipinski definition) is 0. The van der Waals surface area contributed by atoms with Gasteiger partial charge >= 0.3 is 0 Å². The van der Waals surface area contributed by atoms with Crippen LogP contribution in [-0.2, 0) is 11.2 Å². The third-order valence-corrected chi connectivity index (χ3v) is 3.43. The van der Waals surface area contributed by atoms with E-state index in [0.717, 1.165) is 15.6 Å². The molecule has 0 bridgehead atoms. The summed E-state index contributed by atoms with van der Waals surface area (Å²) in [5, 5.41) is 9.84. The maximum Gasteiger partial charge on any atom is 0.147 e. The molecule has 1 aromatic heterocycles. The van der Waals surface area contributed by atoms with E-state index in [2.05, 4.69) is 10.2 Å². The lowest BCUT2D eigenvalue weighted by Gasteiger charge is -1.99. The molecule has 2 aromatic rings. The number of Topliss-reactive ketones (excluding diaryl/α,β-unsaturated/α-hetero) is 1. The summed E-state index contributed by atoms with van der Waals surface area (Å²) in [4.78, 5) is 11.6. The zero-order valence-electron chi connectivity index (χ0n) is 9.88. The maximum atomic E-state index is 11.6. The van der Waals surface area contributed by atoms with Crippen LogP contribution >= 0.6 is 11.3 Å². The molecule has 88 valence electrons. The number of benzene rings is 1. The van der Waals surface area contributed by atoms with Crippen molar-refractivity contribution in [3.8, 4) is 10.6 Å². The Balaban J connectivity index is 2.14. The first kappa shape index (κ1) is 11.9. The number of aromatic nitrogens is 2. The Labute approximate surface area is 105 Å². The van der Waals surface area contributed by atoms with Crippen molar-refractivity contribution in [2.75, 3.05) is 0 Å². The predicted octanol–water partition coefficient (Wildman–Crippen LogP) is 2.97. The topological polar surface area (TPSA) is 42.9 Å². The van der Waals surface area contributed by atoms with Crippen molar-refractivity contribution >= 4 is 17.1 Å². The monoisotopic (exact) mass is 246 g/mol. The fourth-order valence-electron chi connectivity index (χ4n) is 1.38. The number of nitrogens with zero attached hydrogens (tertiary/aromatic N) is 2. The highest BCUT2D eigenvalue weighted by molar-refractivity contribution is 7.14. The van der Waals surface area contributed by atoms with E-state index in [1.165, 1.54) is 11.3 Å². The summed E-state index contributed by atoms with van der Waals surface area (Å²) in [5.41, 5.74) is 1.05. The van der Waals surface area contributed by atoms with Crippen LogP contribution in [0.3, 0.4) is 0 Å². The van der Waals surface area contributed by atoms with E-state index in [9.17, 15) is 4.79 Å². The first-order chi connectivity index (χ1) is 8.16. The van der Waals surface area contributed by atoms with Crippen LogP contribution in [0.5, 0.6) is 0 Å². The van der Waals surface area contributed by atoms with E-state index < -0.39 is 0 Å². The van der Waals surface area contributed by atoms with Crippen LogP contribution in [0.4, 0.5) is 0 Å². The summed E-state index contributed by atoms with van der Waals surface area (Å²) < 4.78 is 0. The fourth-order valence-corrected chi connectivity index (χ4v) is 2.23. The highest BCUT2D eigenvalue weighted by Crippen LogP contribution is 2.23. The molecule has 0 unspecified atom stereocenters. The Morgan fingerprint density at radius 2 is 1.94 bits per heavy atom. The standard InChI is InChI=1S/C13H14N2OS/c1-9(2)11(16)8-12-14-15-13(17-12)10-6-4-3-5-7-10/h3-7,9H,8H2,1-2H3. The van der Waals surface area contributed by atoms with Crippen LogP contribution in [0, 0.1) is 5.92 Å². The maximum absolute atomic E-state index is 11.6. The number of rotatable bonds is 4. The van der Waals surface area contributed by atoms with E-state index in [0.29, 0.717) is 6.42 Å². The minimum Gasteiger partial charge on any atom is -0.299 e. The summed E-state index contributed by atoms with van der Waals surface area (Å²) in [5.74, 6) is 0.264. The minimum atomic E-state index is 0.0547. The van der Waals surface area contributed by atoms with Crippen molar-refractivity contribution in [1.82, 2.24) is 10.2 Å². The summed E-state index contributed by atoms with van der Waals surface area (Å²) in [6.45, 7) is 3.81. The quantitative estimate of drug-likeness (QED) is 0.833. The number of hydrogen-bond acceptors (Lipinski definition) is 4. The van der Waals surface area contributed by atoms with Gasteiger partial charge in [0.1, 0.15) is 15.8 Å². The van der Waals surface area contributed by atoms with Crippen molar-refractivity contribution in [2.45, 2.75) is 20.3 Å². The van der Waals surface area contributed by atoms with Gasteiger partial charge in [0.25, 0.3) is 0 Å². The number of ketones is 1. The second-order valence-corrected chi connectivity index (χ2v) is 5.23. The molecule has 4 heteroatoms. The second kappa shape index (κ2) is 5.19. The molecule has 1 heterocycles. The highest BCUT2D eigenvalue weighted by Gasteiger charge is 2.12. The average Bonchev–Trinajstić information content (AvgIpc) is 2.78. The zero-order valence-corrected chi connectivity index (χ0v) is 10.7. The van der Waals surface area contributed by atoms with Crippen LogP contribution in [0.2, 0.25) is 0 Å². The molecule has 0 aliphatic rings. The minimum absolute atomic E-state index is 0.0547. The third kappa shape index (κ3) is 2.97. The lowest BCUT2D eigenvalue weighted by atomic mass is 10.1. The SMILES string of the molecule is CC(C)C(=O)Cc1nnc(-c2ccccc2)s1. The van der Waals surface area contributed by atoms with Crippen LogP contribution in [-0.4, -0.2) is 16.0 Å². The molecular formula is C13H14N2OS. The van der Waals surface area contributed by atoms with Crippen molar-refractivity contribution in [2.24, 2.45) is 5.92 Å². The van der Waals surface area contributed by atoms with Gasteiger partial charge in [-0.05, 0) is 0 Å². The van der Waals surface area contributed by atoms with Crippen molar-refractivity contribution in [1.29, 1.82) is 0 Å². The van der Waals surface area contributed by atoms with Gasteiger partial charge in [0.15, 0.2) is 0 Å². The Bertz CT molecular complexity index is 505. The summed E-state index contributed by atoms with van der Waals surface area (Å²) in [6, 6.07) is 9.89. The molecule has 0 radical (unpaired) electrons. The molecule has 0 aliphatic heterocycles. The lowest BCUT2D eigenvalue weighted by Crippen LogP contribution is -2.09. The smallest absolute Gasteiger partial charge is 0.147 e. The second-order valence-electron chi connectivity index (χ2n) is 4.16. The molecule has 3 nitrogen and oxygen atoms in total. The van der Waals surface area contributed by atoms with Gasteiger partial charge in [0.05, 0.1) is 6.42 Å². The Kier molecular flexibility index (Phi) is 3.64. The van der Waals surface area contributed by atoms with Gasteiger partial charge in [-0.3, -0.25) is 4.79 Å². The van der Waals surface area contributed by atoms with Crippen LogP contribution in [0.25, 0.3) is 10.6 Å². The molecule has 17 heavy (non-hydrogen) atoms. The van der Waals surface area contributed by atoms with Gasteiger partial charge in [0, 0.05) is 11.5 Å².